The van der Waals surface area contributed by atoms with Crippen LogP contribution in [0, 0.1) is 5.92 Å². The van der Waals surface area contributed by atoms with Crippen LogP contribution in [0.4, 0.5) is 0 Å². The Hall–Kier alpha value is -1.93. The van der Waals surface area contributed by atoms with E-state index in [0.29, 0.717) is 24.7 Å². The summed E-state index contributed by atoms with van der Waals surface area (Å²) in [6, 6.07) is 18.3. The summed E-state index contributed by atoms with van der Waals surface area (Å²) in [7, 11) is 0. The van der Waals surface area contributed by atoms with Gasteiger partial charge in [0.2, 0.25) is 0 Å². The van der Waals surface area contributed by atoms with Gasteiger partial charge in [-0.15, -0.1) is 0 Å². The molecule has 2 unspecified atom stereocenters. The van der Waals surface area contributed by atoms with Crippen molar-refractivity contribution in [1.82, 2.24) is 0 Å². The average Bonchev–Trinajstić information content (AvgIpc) is 3.29. The van der Waals surface area contributed by atoms with Crippen LogP contribution in [0.1, 0.15) is 29.0 Å². The highest BCUT2D eigenvalue weighted by atomic mass is 16.1. The van der Waals surface area contributed by atoms with Crippen LogP contribution in [0.3, 0.4) is 0 Å². The zero-order chi connectivity index (χ0) is 13.9. The summed E-state index contributed by atoms with van der Waals surface area (Å²) in [4.78, 5) is 12.4. The highest BCUT2D eigenvalue weighted by molar-refractivity contribution is 5.87. The van der Waals surface area contributed by atoms with Crippen LogP contribution in [0.15, 0.2) is 54.6 Å². The van der Waals surface area contributed by atoms with E-state index in [4.69, 9.17) is 5.73 Å². The molecule has 0 amide bonds. The van der Waals surface area contributed by atoms with Gasteiger partial charge in [0.05, 0.1) is 0 Å². The number of rotatable bonds is 5. The number of hydrogen-bond donors (Lipinski definition) is 1. The summed E-state index contributed by atoms with van der Waals surface area (Å²) >= 11 is 0. The molecule has 0 heterocycles. The van der Waals surface area contributed by atoms with Crippen LogP contribution in [0.2, 0.25) is 0 Å². The van der Waals surface area contributed by atoms with E-state index in [-0.39, 0.29) is 5.92 Å². The minimum atomic E-state index is 0.197. The van der Waals surface area contributed by atoms with E-state index >= 15 is 0 Å². The molecule has 0 aliphatic heterocycles. The first-order chi connectivity index (χ1) is 9.79. The lowest BCUT2D eigenvalue weighted by Crippen LogP contribution is -2.10. The van der Waals surface area contributed by atoms with Crippen molar-refractivity contribution in [2.24, 2.45) is 11.7 Å². The van der Waals surface area contributed by atoms with E-state index in [9.17, 15) is 4.79 Å². The van der Waals surface area contributed by atoms with Gasteiger partial charge in [0.25, 0.3) is 0 Å². The van der Waals surface area contributed by atoms with Gasteiger partial charge in [0.1, 0.15) is 5.78 Å². The van der Waals surface area contributed by atoms with Gasteiger partial charge in [-0.05, 0) is 29.0 Å². The summed E-state index contributed by atoms with van der Waals surface area (Å²) in [6.07, 6.45) is 1.51. The van der Waals surface area contributed by atoms with Crippen LogP contribution in [0.25, 0.3) is 0 Å². The fourth-order valence-electron chi connectivity index (χ4n) is 2.87. The molecule has 1 aliphatic carbocycles. The van der Waals surface area contributed by atoms with Crippen molar-refractivity contribution >= 4 is 5.78 Å². The minimum Gasteiger partial charge on any atom is -0.326 e. The summed E-state index contributed by atoms with van der Waals surface area (Å²) < 4.78 is 0. The summed E-state index contributed by atoms with van der Waals surface area (Å²) in [5.74, 6) is 0.969. The summed E-state index contributed by atoms with van der Waals surface area (Å²) in [5, 5.41) is 0. The highest BCUT2D eigenvalue weighted by Gasteiger charge is 2.43. The Morgan fingerprint density at radius 3 is 2.35 bits per heavy atom. The van der Waals surface area contributed by atoms with E-state index < -0.39 is 0 Å². The number of ketones is 1. The smallest absolute Gasteiger partial charge is 0.140 e. The predicted octanol–water partition coefficient (Wildman–Crippen LogP) is 3.06. The van der Waals surface area contributed by atoms with Gasteiger partial charge in [-0.25, -0.2) is 0 Å². The quantitative estimate of drug-likeness (QED) is 0.903. The topological polar surface area (TPSA) is 43.1 Å². The number of hydrogen-bond acceptors (Lipinski definition) is 2. The summed E-state index contributed by atoms with van der Waals surface area (Å²) in [5.41, 5.74) is 9.18. The van der Waals surface area contributed by atoms with E-state index in [2.05, 4.69) is 12.1 Å². The SMILES string of the molecule is NCc1ccccc1CC(=O)C1CC1c1ccccc1. The van der Waals surface area contributed by atoms with Crippen molar-refractivity contribution in [1.29, 1.82) is 0 Å². The van der Waals surface area contributed by atoms with Crippen LogP contribution in [0.5, 0.6) is 0 Å². The van der Waals surface area contributed by atoms with Gasteiger partial charge < -0.3 is 5.73 Å². The van der Waals surface area contributed by atoms with Crippen molar-refractivity contribution in [2.45, 2.75) is 25.3 Å². The first-order valence-electron chi connectivity index (χ1n) is 7.14. The van der Waals surface area contributed by atoms with Gasteiger partial charge in [-0.3, -0.25) is 4.79 Å². The first kappa shape index (κ1) is 13.1. The van der Waals surface area contributed by atoms with Crippen LogP contribution >= 0.6 is 0 Å². The molecule has 2 N–H and O–H groups in total. The van der Waals surface area contributed by atoms with Crippen molar-refractivity contribution < 1.29 is 4.79 Å². The average molecular weight is 265 g/mol. The predicted molar refractivity (Wildman–Crippen MR) is 80.3 cm³/mol. The largest absolute Gasteiger partial charge is 0.326 e. The lowest BCUT2D eigenvalue weighted by atomic mass is 9.99. The lowest BCUT2D eigenvalue weighted by Gasteiger charge is -2.06. The monoisotopic (exact) mass is 265 g/mol. The van der Waals surface area contributed by atoms with Gasteiger partial charge >= 0.3 is 0 Å². The zero-order valence-electron chi connectivity index (χ0n) is 11.5. The number of carbonyl (C=O) groups excluding carboxylic acids is 1. The number of Topliss-reactive ketones (excluding diaryl/α,β-unsaturated/α-hetero) is 1. The lowest BCUT2D eigenvalue weighted by molar-refractivity contribution is -0.119. The molecule has 2 aromatic carbocycles. The maximum absolute atomic E-state index is 12.4. The molecule has 1 fully saturated rings. The highest BCUT2D eigenvalue weighted by Crippen LogP contribution is 2.48. The Bertz CT molecular complexity index is 606. The van der Waals surface area contributed by atoms with Crippen molar-refractivity contribution in [3.8, 4) is 0 Å². The third-order valence-electron chi connectivity index (χ3n) is 4.13. The Labute approximate surface area is 119 Å². The van der Waals surface area contributed by atoms with Gasteiger partial charge in [0.15, 0.2) is 0 Å². The number of benzene rings is 2. The van der Waals surface area contributed by atoms with Gasteiger partial charge in [-0.1, -0.05) is 54.6 Å². The van der Waals surface area contributed by atoms with E-state index in [0.717, 1.165) is 17.5 Å². The van der Waals surface area contributed by atoms with E-state index in [1.807, 2.05) is 42.5 Å². The maximum Gasteiger partial charge on any atom is 0.140 e. The Kier molecular flexibility index (Phi) is 3.66. The molecule has 0 spiro atoms. The normalized spacial score (nSPS) is 20.6. The second-order valence-corrected chi connectivity index (χ2v) is 5.48. The van der Waals surface area contributed by atoms with Crippen molar-refractivity contribution in [3.63, 3.8) is 0 Å². The molecule has 2 aromatic rings. The first-order valence-corrected chi connectivity index (χ1v) is 7.14. The third kappa shape index (κ3) is 2.66. The molecular formula is C18H19NO. The van der Waals surface area contributed by atoms with Gasteiger partial charge in [0, 0.05) is 18.9 Å². The van der Waals surface area contributed by atoms with Gasteiger partial charge in [-0.2, -0.15) is 0 Å². The molecule has 0 radical (unpaired) electrons. The number of carbonyl (C=O) groups is 1. The second kappa shape index (κ2) is 5.59. The second-order valence-electron chi connectivity index (χ2n) is 5.48. The molecule has 3 rings (SSSR count). The Balaban J connectivity index is 1.67. The molecule has 1 aliphatic rings. The fourth-order valence-corrected chi connectivity index (χ4v) is 2.87. The van der Waals surface area contributed by atoms with Crippen LogP contribution in [-0.4, -0.2) is 5.78 Å². The molecule has 0 aromatic heterocycles. The minimum absolute atomic E-state index is 0.197. The Morgan fingerprint density at radius 2 is 1.65 bits per heavy atom. The fraction of sp³-hybridized carbons (Fsp3) is 0.278. The molecule has 20 heavy (non-hydrogen) atoms. The molecular weight excluding hydrogens is 246 g/mol. The van der Waals surface area contributed by atoms with E-state index in [1.165, 1.54) is 5.56 Å². The van der Waals surface area contributed by atoms with E-state index in [1.54, 1.807) is 0 Å². The Morgan fingerprint density at radius 1 is 1.00 bits per heavy atom. The molecule has 1 saturated carbocycles. The molecule has 2 atom stereocenters. The summed E-state index contributed by atoms with van der Waals surface area (Å²) in [6.45, 7) is 0.496. The number of nitrogens with two attached hydrogens (primary N) is 1. The third-order valence-corrected chi connectivity index (χ3v) is 4.13. The van der Waals surface area contributed by atoms with Crippen LogP contribution < -0.4 is 5.73 Å². The van der Waals surface area contributed by atoms with Crippen molar-refractivity contribution in [3.05, 3.63) is 71.3 Å². The van der Waals surface area contributed by atoms with Crippen LogP contribution in [-0.2, 0) is 17.8 Å². The maximum atomic E-state index is 12.4. The molecule has 0 bridgehead atoms. The molecule has 102 valence electrons. The van der Waals surface area contributed by atoms with Crippen molar-refractivity contribution in [2.75, 3.05) is 0 Å². The molecule has 0 saturated heterocycles. The standard InChI is InChI=1S/C18H19NO/c19-12-15-9-5-4-8-14(15)10-18(20)17-11-16(17)13-6-2-1-3-7-13/h1-9,16-17H,10-12,19H2. The zero-order valence-corrected chi connectivity index (χ0v) is 11.5. The molecule has 2 nitrogen and oxygen atoms in total. The molecule has 2 heteroatoms.